The molecule has 2 nitrogen and oxygen atoms in total. The first-order valence-electron chi connectivity index (χ1n) is 9.10. The molecule has 0 amide bonds. The van der Waals surface area contributed by atoms with E-state index in [4.69, 9.17) is 4.74 Å². The highest BCUT2D eigenvalue weighted by molar-refractivity contribution is 5.69. The van der Waals surface area contributed by atoms with Gasteiger partial charge in [-0.25, -0.2) is 0 Å². The van der Waals surface area contributed by atoms with Crippen molar-refractivity contribution < 1.29 is 9.53 Å². The highest BCUT2D eigenvalue weighted by Crippen LogP contribution is 2.22. The van der Waals surface area contributed by atoms with E-state index in [0.29, 0.717) is 12.3 Å². The molecule has 0 N–H and O–H groups in total. The van der Waals surface area contributed by atoms with Crippen LogP contribution in [0.4, 0.5) is 0 Å². The largest absolute Gasteiger partial charge is 0.462 e. The molecule has 0 aromatic carbocycles. The van der Waals surface area contributed by atoms with E-state index >= 15 is 0 Å². The summed E-state index contributed by atoms with van der Waals surface area (Å²) < 4.78 is 5.38. The average Bonchev–Trinajstić information content (AvgIpc) is 2.46. The summed E-state index contributed by atoms with van der Waals surface area (Å²) in [6.45, 7) is 13.1. The molecular weight excluding hydrogens is 260 g/mol. The Morgan fingerprint density at radius 3 is 1.90 bits per heavy atom. The first-order valence-corrected chi connectivity index (χ1v) is 9.10. The minimum atomic E-state index is -0.0761. The van der Waals surface area contributed by atoms with Gasteiger partial charge in [-0.05, 0) is 31.1 Å². The molecule has 126 valence electrons. The van der Waals surface area contributed by atoms with Gasteiger partial charge in [-0.15, -0.1) is 0 Å². The zero-order chi connectivity index (χ0) is 16.3. The minimum Gasteiger partial charge on any atom is -0.462 e. The zero-order valence-electron chi connectivity index (χ0n) is 15.3. The molecule has 0 fully saturated rings. The molecule has 4 atom stereocenters. The van der Waals surface area contributed by atoms with Crippen LogP contribution in [0, 0.1) is 17.8 Å². The maximum Gasteiger partial charge on any atom is 0.305 e. The SMILES string of the molecule is CCC(=O)O[C@@H](C)[C@@H](C)CCC[C@H](C)CCC[C@@H](C)CC. The van der Waals surface area contributed by atoms with Crippen LogP contribution in [-0.4, -0.2) is 12.1 Å². The van der Waals surface area contributed by atoms with Gasteiger partial charge in [-0.1, -0.05) is 73.1 Å². The van der Waals surface area contributed by atoms with Gasteiger partial charge in [-0.2, -0.15) is 0 Å². The number of ether oxygens (including phenoxy) is 1. The van der Waals surface area contributed by atoms with Crippen LogP contribution in [0.3, 0.4) is 0 Å². The molecule has 0 saturated carbocycles. The van der Waals surface area contributed by atoms with Gasteiger partial charge in [0.15, 0.2) is 0 Å². The van der Waals surface area contributed by atoms with Gasteiger partial charge in [0.1, 0.15) is 6.10 Å². The summed E-state index contributed by atoms with van der Waals surface area (Å²) in [6, 6.07) is 0. The summed E-state index contributed by atoms with van der Waals surface area (Å²) in [6.07, 6.45) is 9.66. The summed E-state index contributed by atoms with van der Waals surface area (Å²) in [4.78, 5) is 11.3. The number of hydrogen-bond acceptors (Lipinski definition) is 2. The van der Waals surface area contributed by atoms with Crippen molar-refractivity contribution in [3.63, 3.8) is 0 Å². The Labute approximate surface area is 133 Å². The number of esters is 1. The molecular formula is C19H38O2. The molecule has 0 aliphatic heterocycles. The zero-order valence-corrected chi connectivity index (χ0v) is 15.3. The van der Waals surface area contributed by atoms with E-state index in [9.17, 15) is 4.79 Å². The van der Waals surface area contributed by atoms with E-state index in [-0.39, 0.29) is 12.1 Å². The molecule has 0 heterocycles. The summed E-state index contributed by atoms with van der Waals surface area (Å²) in [5, 5.41) is 0. The van der Waals surface area contributed by atoms with E-state index in [1.54, 1.807) is 0 Å². The molecule has 0 saturated heterocycles. The maximum absolute atomic E-state index is 11.3. The summed E-state index contributed by atoms with van der Waals surface area (Å²) >= 11 is 0. The molecule has 0 aromatic rings. The molecule has 0 aliphatic carbocycles. The van der Waals surface area contributed by atoms with Crippen LogP contribution in [0.2, 0.25) is 0 Å². The highest BCUT2D eigenvalue weighted by atomic mass is 16.5. The van der Waals surface area contributed by atoms with Gasteiger partial charge < -0.3 is 4.74 Å². The fourth-order valence-electron chi connectivity index (χ4n) is 2.59. The molecule has 0 rings (SSSR count). The quantitative estimate of drug-likeness (QED) is 0.414. The van der Waals surface area contributed by atoms with E-state index in [1.807, 2.05) is 13.8 Å². The Morgan fingerprint density at radius 2 is 1.38 bits per heavy atom. The molecule has 0 aromatic heterocycles. The van der Waals surface area contributed by atoms with Crippen molar-refractivity contribution in [3.8, 4) is 0 Å². The van der Waals surface area contributed by atoms with Gasteiger partial charge in [-0.3, -0.25) is 4.79 Å². The van der Waals surface area contributed by atoms with E-state index in [2.05, 4.69) is 27.7 Å². The van der Waals surface area contributed by atoms with Crippen molar-refractivity contribution >= 4 is 5.97 Å². The Kier molecular flexibility index (Phi) is 11.8. The second-order valence-electron chi connectivity index (χ2n) is 7.01. The van der Waals surface area contributed by atoms with Gasteiger partial charge in [0, 0.05) is 6.42 Å². The highest BCUT2D eigenvalue weighted by Gasteiger charge is 2.16. The van der Waals surface area contributed by atoms with Gasteiger partial charge in [0.25, 0.3) is 0 Å². The predicted octanol–water partition coefficient (Wildman–Crippen LogP) is 5.99. The summed E-state index contributed by atoms with van der Waals surface area (Å²) in [5.74, 6) is 2.10. The van der Waals surface area contributed by atoms with Crippen LogP contribution in [0.25, 0.3) is 0 Å². The third kappa shape index (κ3) is 10.8. The Bertz CT molecular complexity index is 262. The summed E-state index contributed by atoms with van der Waals surface area (Å²) in [7, 11) is 0. The molecule has 0 spiro atoms. The van der Waals surface area contributed by atoms with Crippen molar-refractivity contribution in [2.75, 3.05) is 0 Å². The smallest absolute Gasteiger partial charge is 0.305 e. The monoisotopic (exact) mass is 298 g/mol. The van der Waals surface area contributed by atoms with E-state index < -0.39 is 0 Å². The second kappa shape index (κ2) is 12.1. The Morgan fingerprint density at radius 1 is 0.857 bits per heavy atom. The van der Waals surface area contributed by atoms with Gasteiger partial charge in [0.05, 0.1) is 0 Å². The van der Waals surface area contributed by atoms with Crippen molar-refractivity contribution in [2.24, 2.45) is 17.8 Å². The van der Waals surface area contributed by atoms with Crippen molar-refractivity contribution in [2.45, 2.75) is 99.0 Å². The van der Waals surface area contributed by atoms with Crippen LogP contribution >= 0.6 is 0 Å². The average molecular weight is 299 g/mol. The van der Waals surface area contributed by atoms with Crippen molar-refractivity contribution in [3.05, 3.63) is 0 Å². The Balaban J connectivity index is 3.69. The number of carbonyl (C=O) groups excluding carboxylic acids is 1. The summed E-state index contributed by atoms with van der Waals surface area (Å²) in [5.41, 5.74) is 0. The van der Waals surface area contributed by atoms with Crippen LogP contribution < -0.4 is 0 Å². The fraction of sp³-hybridized carbons (Fsp3) is 0.947. The van der Waals surface area contributed by atoms with Crippen LogP contribution in [0.5, 0.6) is 0 Å². The standard InChI is InChI=1S/C19H38O2/c1-7-15(3)11-9-12-16(4)13-10-14-17(5)18(6)21-19(20)8-2/h15-18H,7-14H2,1-6H3/t15-,16+,17-,18-/m0/s1. The first kappa shape index (κ1) is 20.5. The first-order chi connectivity index (χ1) is 9.90. The van der Waals surface area contributed by atoms with Gasteiger partial charge in [0.2, 0.25) is 0 Å². The molecule has 0 radical (unpaired) electrons. The Hall–Kier alpha value is -0.530. The number of rotatable bonds is 12. The third-order valence-electron chi connectivity index (χ3n) is 4.85. The van der Waals surface area contributed by atoms with Crippen LogP contribution in [0.1, 0.15) is 92.9 Å². The normalized spacial score (nSPS) is 17.0. The lowest BCUT2D eigenvalue weighted by Gasteiger charge is -2.21. The number of hydrogen-bond donors (Lipinski definition) is 0. The van der Waals surface area contributed by atoms with Crippen LogP contribution in [-0.2, 0) is 9.53 Å². The number of carbonyl (C=O) groups is 1. The van der Waals surface area contributed by atoms with Crippen molar-refractivity contribution in [1.29, 1.82) is 0 Å². The lowest BCUT2D eigenvalue weighted by Crippen LogP contribution is -2.21. The molecule has 2 heteroatoms. The molecule has 0 aliphatic rings. The molecule has 0 unspecified atom stereocenters. The van der Waals surface area contributed by atoms with Crippen LogP contribution in [0.15, 0.2) is 0 Å². The second-order valence-corrected chi connectivity index (χ2v) is 7.01. The maximum atomic E-state index is 11.3. The van der Waals surface area contributed by atoms with E-state index in [1.165, 1.54) is 38.5 Å². The fourth-order valence-corrected chi connectivity index (χ4v) is 2.59. The van der Waals surface area contributed by atoms with Gasteiger partial charge >= 0.3 is 5.97 Å². The van der Waals surface area contributed by atoms with Crippen molar-refractivity contribution in [1.82, 2.24) is 0 Å². The topological polar surface area (TPSA) is 26.3 Å². The lowest BCUT2D eigenvalue weighted by molar-refractivity contribution is -0.150. The lowest BCUT2D eigenvalue weighted by atomic mass is 9.91. The third-order valence-corrected chi connectivity index (χ3v) is 4.85. The molecule has 21 heavy (non-hydrogen) atoms. The molecule has 0 bridgehead atoms. The predicted molar refractivity (Wildman–Crippen MR) is 91.3 cm³/mol. The van der Waals surface area contributed by atoms with E-state index in [0.717, 1.165) is 18.3 Å². The minimum absolute atomic E-state index is 0.0539.